The first-order valence-electron chi connectivity index (χ1n) is 5.16. The Morgan fingerprint density at radius 1 is 1.60 bits per heavy atom. The quantitative estimate of drug-likeness (QED) is 0.887. The normalized spacial score (nSPS) is 17.5. The van der Waals surface area contributed by atoms with Crippen LogP contribution in [-0.4, -0.2) is 11.5 Å². The van der Waals surface area contributed by atoms with Crippen molar-refractivity contribution >= 4 is 27.4 Å². The summed E-state index contributed by atoms with van der Waals surface area (Å²) < 4.78 is 0.978. The number of nitrogens with zero attached hydrogens (tertiary/aromatic N) is 1. The van der Waals surface area contributed by atoms with Gasteiger partial charge in [0.25, 0.3) is 0 Å². The second-order valence-electron chi connectivity index (χ2n) is 4.67. The van der Waals surface area contributed by atoms with Gasteiger partial charge in [0.15, 0.2) is 0 Å². The maximum absolute atomic E-state index is 5.76. The zero-order chi connectivity index (χ0) is 11.1. The lowest BCUT2D eigenvalue weighted by Gasteiger charge is -2.13. The van der Waals surface area contributed by atoms with E-state index in [1.807, 2.05) is 6.92 Å². The molecule has 0 amide bonds. The highest BCUT2D eigenvalue weighted by Crippen LogP contribution is 2.45. The number of hydrogen-bond donors (Lipinski definition) is 2. The van der Waals surface area contributed by atoms with Crippen LogP contribution in [0.2, 0.25) is 0 Å². The smallest absolute Gasteiger partial charge is 0.140 e. The molecule has 0 aromatic carbocycles. The van der Waals surface area contributed by atoms with Crippen molar-refractivity contribution in [2.45, 2.75) is 26.7 Å². The molecule has 0 spiro atoms. The number of nitrogens with one attached hydrogen (secondary N) is 1. The van der Waals surface area contributed by atoms with Crippen LogP contribution in [0.4, 0.5) is 11.5 Å². The van der Waals surface area contributed by atoms with Crippen LogP contribution >= 0.6 is 15.9 Å². The minimum atomic E-state index is 0.483. The van der Waals surface area contributed by atoms with E-state index in [1.54, 1.807) is 6.20 Å². The van der Waals surface area contributed by atoms with Crippen LogP contribution in [0.3, 0.4) is 0 Å². The molecule has 2 rings (SSSR count). The molecule has 82 valence electrons. The summed E-state index contributed by atoms with van der Waals surface area (Å²) in [6, 6.07) is 0. The van der Waals surface area contributed by atoms with Gasteiger partial charge in [-0.25, -0.2) is 4.98 Å². The Morgan fingerprint density at radius 2 is 2.27 bits per heavy atom. The minimum Gasteiger partial charge on any atom is -0.397 e. The Morgan fingerprint density at radius 3 is 2.87 bits per heavy atom. The van der Waals surface area contributed by atoms with Gasteiger partial charge in [0.2, 0.25) is 0 Å². The number of nitrogen functional groups attached to an aromatic ring is 1. The van der Waals surface area contributed by atoms with Crippen molar-refractivity contribution < 1.29 is 0 Å². The van der Waals surface area contributed by atoms with E-state index in [2.05, 4.69) is 33.2 Å². The molecule has 1 fully saturated rings. The van der Waals surface area contributed by atoms with E-state index in [-0.39, 0.29) is 0 Å². The first-order chi connectivity index (χ1) is 7.02. The van der Waals surface area contributed by atoms with Crippen LogP contribution in [0.1, 0.15) is 25.3 Å². The molecule has 15 heavy (non-hydrogen) atoms. The molecule has 1 aliphatic rings. The number of rotatable bonds is 3. The average molecular weight is 270 g/mol. The first-order valence-corrected chi connectivity index (χ1v) is 5.96. The van der Waals surface area contributed by atoms with Gasteiger partial charge in [-0.2, -0.15) is 0 Å². The lowest BCUT2D eigenvalue weighted by Crippen LogP contribution is -2.13. The van der Waals surface area contributed by atoms with Crippen molar-refractivity contribution in [1.82, 2.24) is 4.98 Å². The Labute approximate surface area is 98.6 Å². The third kappa shape index (κ3) is 2.25. The van der Waals surface area contributed by atoms with Gasteiger partial charge < -0.3 is 11.1 Å². The lowest BCUT2D eigenvalue weighted by molar-refractivity contribution is 0.609. The highest BCUT2D eigenvalue weighted by Gasteiger charge is 2.36. The number of nitrogens with two attached hydrogens (primary N) is 1. The van der Waals surface area contributed by atoms with Crippen LogP contribution < -0.4 is 11.1 Å². The van der Waals surface area contributed by atoms with Gasteiger partial charge in [0.1, 0.15) is 5.82 Å². The zero-order valence-electron chi connectivity index (χ0n) is 9.10. The molecule has 0 aliphatic heterocycles. The maximum atomic E-state index is 5.76. The lowest BCUT2D eigenvalue weighted by atomic mass is 10.1. The maximum Gasteiger partial charge on any atom is 0.140 e. The predicted octanol–water partition coefficient (Wildman–Crippen LogP) is 2.95. The predicted molar refractivity (Wildman–Crippen MR) is 66.9 cm³/mol. The van der Waals surface area contributed by atoms with Crippen LogP contribution in [0.25, 0.3) is 0 Å². The minimum absolute atomic E-state index is 0.483. The highest BCUT2D eigenvalue weighted by molar-refractivity contribution is 9.10. The topological polar surface area (TPSA) is 50.9 Å². The largest absolute Gasteiger partial charge is 0.397 e. The Bertz CT molecular complexity index is 386. The summed E-state index contributed by atoms with van der Waals surface area (Å²) in [4.78, 5) is 4.29. The first kappa shape index (κ1) is 10.7. The fraction of sp³-hybridized carbons (Fsp3) is 0.545. The highest BCUT2D eigenvalue weighted by atomic mass is 79.9. The van der Waals surface area contributed by atoms with Crippen molar-refractivity contribution in [3.8, 4) is 0 Å². The molecule has 1 aromatic rings. The van der Waals surface area contributed by atoms with Crippen LogP contribution in [-0.2, 0) is 0 Å². The van der Waals surface area contributed by atoms with Gasteiger partial charge in [-0.1, -0.05) is 6.92 Å². The summed E-state index contributed by atoms with van der Waals surface area (Å²) in [5, 5.41) is 3.37. The average Bonchev–Trinajstić information content (AvgIpc) is 2.93. The standard InChI is InChI=1S/C11H16BrN3/c1-7-8(13)5-14-10(9(7)12)15-6-11(2)3-4-11/h5H,3-4,6,13H2,1-2H3,(H,14,15). The summed E-state index contributed by atoms with van der Waals surface area (Å²) in [7, 11) is 0. The second kappa shape index (κ2) is 3.67. The molecule has 0 bridgehead atoms. The molecule has 0 radical (unpaired) electrons. The van der Waals surface area contributed by atoms with Gasteiger partial charge in [-0.3, -0.25) is 0 Å². The van der Waals surface area contributed by atoms with E-state index in [9.17, 15) is 0 Å². The van der Waals surface area contributed by atoms with Gasteiger partial charge in [0.05, 0.1) is 16.4 Å². The molecule has 3 N–H and O–H groups in total. The van der Waals surface area contributed by atoms with E-state index in [0.717, 1.165) is 28.1 Å². The molecule has 1 saturated carbocycles. The summed E-state index contributed by atoms with van der Waals surface area (Å²) in [6.45, 7) is 5.27. The second-order valence-corrected chi connectivity index (χ2v) is 5.46. The van der Waals surface area contributed by atoms with E-state index in [1.165, 1.54) is 12.8 Å². The molecule has 1 heterocycles. The van der Waals surface area contributed by atoms with Crippen LogP contribution in [0.15, 0.2) is 10.7 Å². The number of aromatic nitrogens is 1. The molecule has 0 unspecified atom stereocenters. The summed E-state index contributed by atoms with van der Waals surface area (Å²) >= 11 is 3.51. The molecule has 1 aliphatic carbocycles. The Kier molecular flexibility index (Phi) is 2.63. The van der Waals surface area contributed by atoms with Crippen molar-refractivity contribution in [3.63, 3.8) is 0 Å². The van der Waals surface area contributed by atoms with E-state index >= 15 is 0 Å². The van der Waals surface area contributed by atoms with Gasteiger partial charge in [-0.05, 0) is 46.7 Å². The fourth-order valence-corrected chi connectivity index (χ4v) is 1.87. The Hall–Kier alpha value is -0.770. The molecule has 0 saturated heterocycles. The summed E-state index contributed by atoms with van der Waals surface area (Å²) in [6.07, 6.45) is 4.33. The zero-order valence-corrected chi connectivity index (χ0v) is 10.7. The van der Waals surface area contributed by atoms with Gasteiger partial charge in [-0.15, -0.1) is 0 Å². The molecule has 4 heteroatoms. The van der Waals surface area contributed by atoms with Crippen molar-refractivity contribution in [1.29, 1.82) is 0 Å². The van der Waals surface area contributed by atoms with Crippen LogP contribution in [0, 0.1) is 12.3 Å². The number of hydrogen-bond acceptors (Lipinski definition) is 3. The molecule has 3 nitrogen and oxygen atoms in total. The van der Waals surface area contributed by atoms with E-state index < -0.39 is 0 Å². The molecular weight excluding hydrogens is 254 g/mol. The fourth-order valence-electron chi connectivity index (χ4n) is 1.40. The molecular formula is C11H16BrN3. The summed E-state index contributed by atoms with van der Waals surface area (Å²) in [5.74, 6) is 0.898. The van der Waals surface area contributed by atoms with E-state index in [0.29, 0.717) is 5.41 Å². The van der Waals surface area contributed by atoms with Crippen molar-refractivity contribution in [3.05, 3.63) is 16.2 Å². The number of halogens is 1. The van der Waals surface area contributed by atoms with Crippen LogP contribution in [0.5, 0.6) is 0 Å². The van der Waals surface area contributed by atoms with Gasteiger partial charge >= 0.3 is 0 Å². The van der Waals surface area contributed by atoms with Crippen molar-refractivity contribution in [2.24, 2.45) is 5.41 Å². The third-order valence-corrected chi connectivity index (χ3v) is 4.06. The SMILES string of the molecule is Cc1c(N)cnc(NCC2(C)CC2)c1Br. The summed E-state index contributed by atoms with van der Waals surface area (Å²) in [5.41, 5.74) is 8.02. The van der Waals surface area contributed by atoms with Gasteiger partial charge in [0, 0.05) is 6.54 Å². The Balaban J connectivity index is 2.11. The number of anilines is 2. The van der Waals surface area contributed by atoms with E-state index in [4.69, 9.17) is 5.73 Å². The third-order valence-electron chi connectivity index (χ3n) is 3.09. The monoisotopic (exact) mass is 269 g/mol. The van der Waals surface area contributed by atoms with Crippen molar-refractivity contribution in [2.75, 3.05) is 17.6 Å². The molecule has 1 aromatic heterocycles. The number of pyridine rings is 1. The molecule has 0 atom stereocenters.